The average Bonchev–Trinajstić information content (AvgIpc) is 2.56. The highest BCUT2D eigenvalue weighted by Gasteiger charge is 2.34. The van der Waals surface area contributed by atoms with Crippen LogP contribution in [0, 0.1) is 0 Å². The van der Waals surface area contributed by atoms with Gasteiger partial charge in [0, 0.05) is 6.04 Å². The van der Waals surface area contributed by atoms with Crippen molar-refractivity contribution in [3.05, 3.63) is 35.4 Å². The van der Waals surface area contributed by atoms with Crippen molar-refractivity contribution in [3.63, 3.8) is 0 Å². The molecule has 1 aliphatic heterocycles. The second kappa shape index (κ2) is 5.08. The summed E-state index contributed by atoms with van der Waals surface area (Å²) < 4.78 is 38.6. The van der Waals surface area contributed by atoms with Crippen LogP contribution in [0.1, 0.15) is 42.9 Å². The van der Waals surface area contributed by atoms with Gasteiger partial charge in [0.2, 0.25) is 0 Å². The summed E-state index contributed by atoms with van der Waals surface area (Å²) in [6.07, 6.45) is -0.343. The summed E-state index contributed by atoms with van der Waals surface area (Å²) in [5.74, 6) is 0. The van der Waals surface area contributed by atoms with Crippen LogP contribution in [-0.2, 0) is 6.18 Å². The summed E-state index contributed by atoms with van der Waals surface area (Å²) >= 11 is 0. The van der Waals surface area contributed by atoms with Gasteiger partial charge in [0.25, 0.3) is 0 Å². The number of rotatable bonds is 1. The van der Waals surface area contributed by atoms with Gasteiger partial charge in [0.05, 0.1) is 5.56 Å². The van der Waals surface area contributed by atoms with Gasteiger partial charge in [-0.1, -0.05) is 31.0 Å². The Morgan fingerprint density at radius 3 is 2.59 bits per heavy atom. The van der Waals surface area contributed by atoms with Crippen LogP contribution >= 0.6 is 0 Å². The molecule has 17 heavy (non-hydrogen) atoms. The first-order chi connectivity index (χ1) is 8.09. The minimum atomic E-state index is -4.26. The summed E-state index contributed by atoms with van der Waals surface area (Å²) in [5.41, 5.74) is -0.110. The lowest BCUT2D eigenvalue weighted by Crippen LogP contribution is -2.23. The minimum Gasteiger partial charge on any atom is -0.310 e. The molecule has 1 nitrogen and oxygen atoms in total. The van der Waals surface area contributed by atoms with Crippen molar-refractivity contribution in [3.8, 4) is 0 Å². The molecular weight excluding hydrogens is 227 g/mol. The molecule has 1 unspecified atom stereocenters. The quantitative estimate of drug-likeness (QED) is 0.788. The Hall–Kier alpha value is -1.03. The largest absolute Gasteiger partial charge is 0.416 e. The zero-order chi connectivity index (χ0) is 12.3. The van der Waals surface area contributed by atoms with Crippen molar-refractivity contribution in [2.75, 3.05) is 6.54 Å². The fraction of sp³-hybridized carbons (Fsp3) is 0.538. The maximum absolute atomic E-state index is 12.9. The Labute approximate surface area is 99.0 Å². The molecule has 1 atom stereocenters. The van der Waals surface area contributed by atoms with Gasteiger partial charge in [-0.2, -0.15) is 13.2 Å². The van der Waals surface area contributed by atoms with E-state index in [2.05, 4.69) is 5.32 Å². The fourth-order valence-corrected chi connectivity index (χ4v) is 2.35. The first-order valence-corrected chi connectivity index (χ1v) is 5.98. The standard InChI is InChI=1S/C13H16F3N/c14-13(15,16)11-7-4-3-6-10(11)12-8-2-1-5-9-17-12/h3-4,6-7,12,17H,1-2,5,8-9H2. The predicted octanol–water partition coefficient (Wildman–Crippen LogP) is 3.91. The first-order valence-electron chi connectivity index (χ1n) is 5.98. The van der Waals surface area contributed by atoms with E-state index in [1.54, 1.807) is 12.1 Å². The molecule has 1 aromatic carbocycles. The Balaban J connectivity index is 2.30. The number of benzene rings is 1. The van der Waals surface area contributed by atoms with E-state index in [1.165, 1.54) is 12.1 Å². The summed E-state index contributed by atoms with van der Waals surface area (Å²) in [6.45, 7) is 0.802. The lowest BCUT2D eigenvalue weighted by atomic mass is 9.96. The van der Waals surface area contributed by atoms with Gasteiger partial charge in [-0.05, 0) is 31.0 Å². The van der Waals surface area contributed by atoms with Crippen LogP contribution in [0.2, 0.25) is 0 Å². The van der Waals surface area contributed by atoms with E-state index in [0.29, 0.717) is 5.56 Å². The lowest BCUT2D eigenvalue weighted by Gasteiger charge is -2.21. The van der Waals surface area contributed by atoms with Gasteiger partial charge in [0.15, 0.2) is 0 Å². The molecule has 0 aliphatic carbocycles. The number of alkyl halides is 3. The molecule has 1 heterocycles. The summed E-state index contributed by atoms with van der Waals surface area (Å²) in [5, 5.41) is 3.21. The number of nitrogens with one attached hydrogen (secondary N) is 1. The van der Waals surface area contributed by atoms with E-state index in [0.717, 1.165) is 32.2 Å². The predicted molar refractivity (Wildman–Crippen MR) is 60.7 cm³/mol. The summed E-state index contributed by atoms with van der Waals surface area (Å²) in [4.78, 5) is 0. The highest BCUT2D eigenvalue weighted by molar-refractivity contribution is 5.32. The van der Waals surface area contributed by atoms with Crippen LogP contribution in [0.5, 0.6) is 0 Å². The van der Waals surface area contributed by atoms with E-state index >= 15 is 0 Å². The zero-order valence-corrected chi connectivity index (χ0v) is 9.56. The molecule has 0 aromatic heterocycles. The average molecular weight is 243 g/mol. The summed E-state index contributed by atoms with van der Waals surface area (Å²) in [7, 11) is 0. The molecule has 2 rings (SSSR count). The van der Waals surface area contributed by atoms with E-state index in [4.69, 9.17) is 0 Å². The second-order valence-electron chi connectivity index (χ2n) is 4.44. The maximum Gasteiger partial charge on any atom is 0.416 e. The van der Waals surface area contributed by atoms with E-state index in [-0.39, 0.29) is 6.04 Å². The molecule has 1 aromatic rings. The molecule has 4 heteroatoms. The molecule has 94 valence electrons. The van der Waals surface area contributed by atoms with Crippen LogP contribution in [0.15, 0.2) is 24.3 Å². The maximum atomic E-state index is 12.9. The minimum absolute atomic E-state index is 0.157. The third-order valence-corrected chi connectivity index (χ3v) is 3.20. The smallest absolute Gasteiger partial charge is 0.310 e. The molecule has 0 radical (unpaired) electrons. The lowest BCUT2D eigenvalue weighted by molar-refractivity contribution is -0.138. The second-order valence-corrected chi connectivity index (χ2v) is 4.44. The van der Waals surface area contributed by atoms with Crippen LogP contribution in [0.25, 0.3) is 0 Å². The molecule has 0 amide bonds. The van der Waals surface area contributed by atoms with E-state index in [9.17, 15) is 13.2 Å². The Bertz CT molecular complexity index is 365. The van der Waals surface area contributed by atoms with Crippen molar-refractivity contribution in [2.45, 2.75) is 37.9 Å². The topological polar surface area (TPSA) is 12.0 Å². The fourth-order valence-electron chi connectivity index (χ4n) is 2.35. The van der Waals surface area contributed by atoms with Crippen molar-refractivity contribution < 1.29 is 13.2 Å². The SMILES string of the molecule is FC(F)(F)c1ccccc1C1CCCCCN1. The van der Waals surface area contributed by atoms with Gasteiger partial charge in [-0.3, -0.25) is 0 Å². The van der Waals surface area contributed by atoms with Gasteiger partial charge < -0.3 is 5.32 Å². The molecule has 1 aliphatic rings. The molecule has 0 spiro atoms. The molecule has 0 saturated carbocycles. The van der Waals surface area contributed by atoms with Crippen molar-refractivity contribution in [2.24, 2.45) is 0 Å². The highest BCUT2D eigenvalue weighted by atomic mass is 19.4. The van der Waals surface area contributed by atoms with Crippen molar-refractivity contribution in [1.29, 1.82) is 0 Å². The van der Waals surface area contributed by atoms with Crippen LogP contribution in [0.3, 0.4) is 0 Å². The third kappa shape index (κ3) is 3.00. The molecule has 1 N–H and O–H groups in total. The highest BCUT2D eigenvalue weighted by Crippen LogP contribution is 2.36. The molecular formula is C13H16F3N. The normalized spacial score (nSPS) is 22.2. The van der Waals surface area contributed by atoms with Gasteiger partial charge in [0.1, 0.15) is 0 Å². The van der Waals surface area contributed by atoms with E-state index in [1.807, 2.05) is 0 Å². The number of hydrogen-bond acceptors (Lipinski definition) is 1. The Morgan fingerprint density at radius 2 is 1.82 bits per heavy atom. The van der Waals surface area contributed by atoms with Gasteiger partial charge in [-0.15, -0.1) is 0 Å². The molecule has 1 fully saturated rings. The Kier molecular flexibility index (Phi) is 3.72. The Morgan fingerprint density at radius 1 is 1.06 bits per heavy atom. The van der Waals surface area contributed by atoms with Crippen molar-refractivity contribution >= 4 is 0 Å². The molecule has 0 bridgehead atoms. The van der Waals surface area contributed by atoms with Crippen LogP contribution in [0.4, 0.5) is 13.2 Å². The van der Waals surface area contributed by atoms with Crippen molar-refractivity contribution in [1.82, 2.24) is 5.32 Å². The van der Waals surface area contributed by atoms with Gasteiger partial charge in [-0.25, -0.2) is 0 Å². The molecule has 1 saturated heterocycles. The third-order valence-electron chi connectivity index (χ3n) is 3.20. The first kappa shape index (κ1) is 12.4. The zero-order valence-electron chi connectivity index (χ0n) is 9.56. The monoisotopic (exact) mass is 243 g/mol. The summed E-state index contributed by atoms with van der Waals surface area (Å²) in [6, 6.07) is 5.73. The van der Waals surface area contributed by atoms with Crippen LogP contribution < -0.4 is 5.32 Å². The number of hydrogen-bond donors (Lipinski definition) is 1. The van der Waals surface area contributed by atoms with E-state index < -0.39 is 11.7 Å². The number of halogens is 3. The van der Waals surface area contributed by atoms with Gasteiger partial charge >= 0.3 is 6.18 Å². The van der Waals surface area contributed by atoms with Crippen LogP contribution in [-0.4, -0.2) is 6.54 Å².